The second kappa shape index (κ2) is 10.0. The van der Waals surface area contributed by atoms with E-state index in [2.05, 4.69) is 16.0 Å². The van der Waals surface area contributed by atoms with Crippen LogP contribution in [0.1, 0.15) is 36.7 Å². The molecule has 1 unspecified atom stereocenters. The Morgan fingerprint density at radius 2 is 1.45 bits per heavy atom. The van der Waals surface area contributed by atoms with E-state index in [1.165, 1.54) is 39.0 Å². The van der Waals surface area contributed by atoms with Crippen molar-refractivity contribution in [2.75, 3.05) is 10.6 Å². The Bertz CT molecular complexity index is 878. The lowest BCUT2D eigenvalue weighted by molar-refractivity contribution is -0.129. The molecular weight excluding hydrogens is 374 g/mol. The van der Waals surface area contributed by atoms with E-state index in [1.807, 2.05) is 30.3 Å². The molecule has 0 aliphatic rings. The third kappa shape index (κ3) is 7.10. The quantitative estimate of drug-likeness (QED) is 0.621. The maximum atomic E-state index is 12.5. The number of nitrogens with one attached hydrogen (secondary N) is 3. The van der Waals surface area contributed by atoms with E-state index in [9.17, 15) is 19.2 Å². The molecule has 3 N–H and O–H groups in total. The fourth-order valence-corrected chi connectivity index (χ4v) is 2.51. The highest BCUT2D eigenvalue weighted by Gasteiger charge is 2.20. The first-order valence-electron chi connectivity index (χ1n) is 8.97. The smallest absolute Gasteiger partial charge is 0.339 e. The Labute approximate surface area is 168 Å². The normalized spacial score (nSPS) is 11.1. The molecular formula is C21H23N3O5. The molecule has 0 radical (unpaired) electrons. The summed E-state index contributed by atoms with van der Waals surface area (Å²) in [6.45, 7) is 4.42. The van der Waals surface area contributed by atoms with Crippen LogP contribution in [0.5, 0.6) is 0 Å². The Morgan fingerprint density at radius 3 is 1.97 bits per heavy atom. The zero-order chi connectivity index (χ0) is 21.4. The summed E-state index contributed by atoms with van der Waals surface area (Å²) >= 11 is 0. The van der Waals surface area contributed by atoms with E-state index in [-0.39, 0.29) is 17.4 Å². The van der Waals surface area contributed by atoms with Gasteiger partial charge in [0.05, 0.1) is 5.56 Å². The molecule has 2 rings (SSSR count). The summed E-state index contributed by atoms with van der Waals surface area (Å²) in [6, 6.07) is 13.7. The standard InChI is InChI=1S/C21H23N3O5/c1-13(20(27)22-12-16-7-5-4-6-8-16)29-21(28)17-9-18(23-14(2)25)11-19(10-17)24-15(3)26/h4-11,13H,12H2,1-3H3,(H,22,27)(H,23,25)(H,24,26). The maximum Gasteiger partial charge on any atom is 0.339 e. The molecule has 1 atom stereocenters. The number of hydrogen-bond donors (Lipinski definition) is 3. The molecule has 152 valence electrons. The molecule has 2 aromatic rings. The lowest BCUT2D eigenvalue weighted by atomic mass is 10.1. The van der Waals surface area contributed by atoms with Crippen LogP contribution < -0.4 is 16.0 Å². The van der Waals surface area contributed by atoms with E-state index in [0.29, 0.717) is 17.9 Å². The number of benzene rings is 2. The van der Waals surface area contributed by atoms with Crippen LogP contribution in [0.25, 0.3) is 0 Å². The lowest BCUT2D eigenvalue weighted by Crippen LogP contribution is -2.35. The van der Waals surface area contributed by atoms with Crippen molar-refractivity contribution in [2.24, 2.45) is 0 Å². The number of carbonyl (C=O) groups excluding carboxylic acids is 4. The van der Waals surface area contributed by atoms with Crippen molar-refractivity contribution in [1.29, 1.82) is 0 Å². The third-order valence-electron chi connectivity index (χ3n) is 3.77. The van der Waals surface area contributed by atoms with Gasteiger partial charge in [0.25, 0.3) is 5.91 Å². The molecule has 0 fully saturated rings. The number of rotatable bonds is 7. The van der Waals surface area contributed by atoms with Gasteiger partial charge in [0.2, 0.25) is 11.8 Å². The number of amides is 3. The van der Waals surface area contributed by atoms with Crippen molar-refractivity contribution < 1.29 is 23.9 Å². The Kier molecular flexibility index (Phi) is 7.47. The number of anilines is 2. The zero-order valence-corrected chi connectivity index (χ0v) is 16.4. The first-order chi connectivity index (χ1) is 13.7. The minimum Gasteiger partial charge on any atom is -0.449 e. The van der Waals surface area contributed by atoms with Crippen molar-refractivity contribution in [3.8, 4) is 0 Å². The number of esters is 1. The van der Waals surface area contributed by atoms with Crippen molar-refractivity contribution >= 4 is 35.1 Å². The summed E-state index contributed by atoms with van der Waals surface area (Å²) < 4.78 is 5.23. The Morgan fingerprint density at radius 1 is 0.897 bits per heavy atom. The van der Waals surface area contributed by atoms with Crippen molar-refractivity contribution in [3.63, 3.8) is 0 Å². The van der Waals surface area contributed by atoms with Gasteiger partial charge in [-0.25, -0.2) is 4.79 Å². The van der Waals surface area contributed by atoms with Crippen LogP contribution >= 0.6 is 0 Å². The van der Waals surface area contributed by atoms with Crippen LogP contribution in [0.4, 0.5) is 11.4 Å². The fourth-order valence-electron chi connectivity index (χ4n) is 2.51. The molecule has 8 nitrogen and oxygen atoms in total. The van der Waals surface area contributed by atoms with Gasteiger partial charge in [-0.05, 0) is 30.7 Å². The average Bonchev–Trinajstić information content (AvgIpc) is 2.65. The molecule has 0 aliphatic carbocycles. The monoisotopic (exact) mass is 397 g/mol. The number of hydrogen-bond acceptors (Lipinski definition) is 5. The van der Waals surface area contributed by atoms with Crippen molar-refractivity contribution in [2.45, 2.75) is 33.4 Å². The van der Waals surface area contributed by atoms with Gasteiger partial charge in [0.1, 0.15) is 0 Å². The van der Waals surface area contributed by atoms with Gasteiger partial charge in [-0.3, -0.25) is 14.4 Å². The highest BCUT2D eigenvalue weighted by molar-refractivity contribution is 5.98. The van der Waals surface area contributed by atoms with Gasteiger partial charge in [0, 0.05) is 31.8 Å². The minimum atomic E-state index is -1.03. The van der Waals surface area contributed by atoms with Crippen LogP contribution in [0.15, 0.2) is 48.5 Å². The van der Waals surface area contributed by atoms with Gasteiger partial charge < -0.3 is 20.7 Å². The second-order valence-corrected chi connectivity index (χ2v) is 6.41. The molecule has 3 amide bonds. The van der Waals surface area contributed by atoms with Crippen molar-refractivity contribution in [1.82, 2.24) is 5.32 Å². The molecule has 0 saturated heterocycles. The molecule has 0 aliphatic heterocycles. The number of ether oxygens (including phenoxy) is 1. The zero-order valence-electron chi connectivity index (χ0n) is 16.4. The largest absolute Gasteiger partial charge is 0.449 e. The van der Waals surface area contributed by atoms with E-state index in [0.717, 1.165) is 5.56 Å². The third-order valence-corrected chi connectivity index (χ3v) is 3.77. The molecule has 0 spiro atoms. The maximum absolute atomic E-state index is 12.5. The predicted octanol–water partition coefficient (Wildman–Crippen LogP) is 2.47. The van der Waals surface area contributed by atoms with Gasteiger partial charge in [-0.2, -0.15) is 0 Å². The summed E-state index contributed by atoms with van der Waals surface area (Å²) in [6.07, 6.45) is -1.03. The van der Waals surface area contributed by atoms with E-state index in [1.54, 1.807) is 0 Å². The lowest BCUT2D eigenvalue weighted by Gasteiger charge is -2.15. The van der Waals surface area contributed by atoms with E-state index < -0.39 is 18.0 Å². The first kappa shape index (κ1) is 21.6. The van der Waals surface area contributed by atoms with Crippen LogP contribution in [0.3, 0.4) is 0 Å². The van der Waals surface area contributed by atoms with Gasteiger partial charge in [-0.15, -0.1) is 0 Å². The topological polar surface area (TPSA) is 114 Å². The van der Waals surface area contributed by atoms with Crippen LogP contribution in [-0.4, -0.2) is 29.8 Å². The van der Waals surface area contributed by atoms with E-state index >= 15 is 0 Å². The summed E-state index contributed by atoms with van der Waals surface area (Å²) in [5.41, 5.74) is 1.64. The van der Waals surface area contributed by atoms with Crippen LogP contribution in [-0.2, 0) is 25.7 Å². The molecule has 0 heterocycles. The number of carbonyl (C=O) groups is 4. The summed E-state index contributed by atoms with van der Waals surface area (Å²) in [4.78, 5) is 47.3. The van der Waals surface area contributed by atoms with Gasteiger partial charge in [-0.1, -0.05) is 30.3 Å². The molecule has 8 heteroatoms. The fraction of sp³-hybridized carbons (Fsp3) is 0.238. The van der Waals surface area contributed by atoms with Gasteiger partial charge in [0.15, 0.2) is 6.10 Å². The Balaban J connectivity index is 2.06. The predicted molar refractivity (Wildman–Crippen MR) is 108 cm³/mol. The molecule has 0 bridgehead atoms. The van der Waals surface area contributed by atoms with Crippen LogP contribution in [0.2, 0.25) is 0 Å². The second-order valence-electron chi connectivity index (χ2n) is 6.41. The average molecular weight is 397 g/mol. The molecule has 29 heavy (non-hydrogen) atoms. The Hall–Kier alpha value is -3.68. The minimum absolute atomic E-state index is 0.0858. The highest BCUT2D eigenvalue weighted by Crippen LogP contribution is 2.20. The summed E-state index contributed by atoms with van der Waals surface area (Å²) in [7, 11) is 0. The van der Waals surface area contributed by atoms with E-state index in [4.69, 9.17) is 4.74 Å². The highest BCUT2D eigenvalue weighted by atomic mass is 16.5. The first-order valence-corrected chi connectivity index (χ1v) is 8.97. The van der Waals surface area contributed by atoms with Gasteiger partial charge >= 0.3 is 5.97 Å². The van der Waals surface area contributed by atoms with Crippen molar-refractivity contribution in [3.05, 3.63) is 59.7 Å². The summed E-state index contributed by atoms with van der Waals surface area (Å²) in [5, 5.41) is 7.80. The SMILES string of the molecule is CC(=O)Nc1cc(NC(C)=O)cc(C(=O)OC(C)C(=O)NCc2ccccc2)c1. The summed E-state index contributed by atoms with van der Waals surface area (Å²) in [5.74, 6) is -1.87. The molecule has 0 saturated carbocycles. The molecule has 0 aromatic heterocycles. The van der Waals surface area contributed by atoms with Crippen LogP contribution in [0, 0.1) is 0 Å². The molecule has 2 aromatic carbocycles.